The van der Waals surface area contributed by atoms with Crippen molar-refractivity contribution in [2.45, 2.75) is 26.8 Å². The maximum Gasteiger partial charge on any atom is 0.344 e. The molecule has 9 heteroatoms. The minimum Gasteiger partial charge on any atom is -0.482 e. The number of aromatic nitrogens is 2. The zero-order valence-corrected chi connectivity index (χ0v) is 16.3. The molecule has 2 aromatic heterocycles. The SMILES string of the molecule is Cc1cc(=O)oc2cc(OCC(=O)OCC(=O)Nc3ccnn3C(C)C)ccc12. The van der Waals surface area contributed by atoms with E-state index in [-0.39, 0.29) is 6.04 Å². The van der Waals surface area contributed by atoms with E-state index < -0.39 is 30.7 Å². The third-order valence-corrected chi connectivity index (χ3v) is 4.07. The quantitative estimate of drug-likeness (QED) is 0.479. The number of hydrogen-bond donors (Lipinski definition) is 1. The van der Waals surface area contributed by atoms with E-state index in [0.29, 0.717) is 17.2 Å². The average Bonchev–Trinajstić information content (AvgIpc) is 3.12. The van der Waals surface area contributed by atoms with Crippen molar-refractivity contribution < 1.29 is 23.5 Å². The standard InChI is InChI=1S/C20H21N3O6/c1-12(2)23-17(6-7-21-23)22-18(24)10-28-20(26)11-27-14-4-5-15-13(3)8-19(25)29-16(15)9-14/h4-9,12H,10-11H2,1-3H3,(H,22,24). The Morgan fingerprint density at radius 1 is 1.21 bits per heavy atom. The molecule has 0 aliphatic heterocycles. The number of fused-ring (bicyclic) bond motifs is 1. The molecule has 9 nitrogen and oxygen atoms in total. The van der Waals surface area contributed by atoms with Crippen LogP contribution in [0.4, 0.5) is 5.82 Å². The van der Waals surface area contributed by atoms with E-state index in [9.17, 15) is 14.4 Å². The maximum absolute atomic E-state index is 12.0. The van der Waals surface area contributed by atoms with Crippen LogP contribution in [0.2, 0.25) is 0 Å². The minimum atomic E-state index is -0.705. The van der Waals surface area contributed by atoms with E-state index in [1.807, 2.05) is 13.8 Å². The molecule has 1 amide bonds. The van der Waals surface area contributed by atoms with Gasteiger partial charge in [0.2, 0.25) is 0 Å². The van der Waals surface area contributed by atoms with Gasteiger partial charge in [-0.2, -0.15) is 5.10 Å². The topological polar surface area (TPSA) is 113 Å². The Bertz CT molecular complexity index is 1100. The van der Waals surface area contributed by atoms with Crippen LogP contribution in [-0.4, -0.2) is 34.9 Å². The predicted molar refractivity (Wildman–Crippen MR) is 105 cm³/mol. The summed E-state index contributed by atoms with van der Waals surface area (Å²) in [6.45, 7) is 4.82. The van der Waals surface area contributed by atoms with E-state index in [0.717, 1.165) is 10.9 Å². The summed E-state index contributed by atoms with van der Waals surface area (Å²) in [5.74, 6) is -0.328. The molecular formula is C20H21N3O6. The van der Waals surface area contributed by atoms with Gasteiger partial charge >= 0.3 is 11.6 Å². The first kappa shape index (κ1) is 20.1. The molecule has 1 aromatic carbocycles. The summed E-state index contributed by atoms with van der Waals surface area (Å²) in [6, 6.07) is 8.05. The van der Waals surface area contributed by atoms with Crippen molar-refractivity contribution in [3.63, 3.8) is 0 Å². The summed E-state index contributed by atoms with van der Waals surface area (Å²) >= 11 is 0. The Morgan fingerprint density at radius 2 is 2.00 bits per heavy atom. The molecule has 0 radical (unpaired) electrons. The number of ether oxygens (including phenoxy) is 2. The monoisotopic (exact) mass is 399 g/mol. The largest absolute Gasteiger partial charge is 0.482 e. The summed E-state index contributed by atoms with van der Waals surface area (Å²) in [6.07, 6.45) is 1.57. The van der Waals surface area contributed by atoms with Crippen molar-refractivity contribution in [1.82, 2.24) is 9.78 Å². The molecule has 2 heterocycles. The fourth-order valence-electron chi connectivity index (χ4n) is 2.73. The number of rotatable bonds is 7. The molecule has 1 N–H and O–H groups in total. The van der Waals surface area contributed by atoms with Gasteiger partial charge in [-0.25, -0.2) is 14.3 Å². The lowest BCUT2D eigenvalue weighted by Crippen LogP contribution is -2.25. The predicted octanol–water partition coefficient (Wildman–Crippen LogP) is 2.44. The van der Waals surface area contributed by atoms with Gasteiger partial charge in [-0.15, -0.1) is 0 Å². The van der Waals surface area contributed by atoms with Crippen LogP contribution in [0.1, 0.15) is 25.5 Å². The highest BCUT2D eigenvalue weighted by atomic mass is 16.6. The second-order valence-electron chi connectivity index (χ2n) is 6.66. The highest BCUT2D eigenvalue weighted by Gasteiger charge is 2.13. The van der Waals surface area contributed by atoms with Crippen LogP contribution >= 0.6 is 0 Å². The Balaban J connectivity index is 1.51. The molecule has 0 atom stereocenters. The Morgan fingerprint density at radius 3 is 2.76 bits per heavy atom. The van der Waals surface area contributed by atoms with Gasteiger partial charge < -0.3 is 19.2 Å². The van der Waals surface area contributed by atoms with Crippen LogP contribution in [0.25, 0.3) is 11.0 Å². The second kappa shape index (κ2) is 8.59. The maximum atomic E-state index is 12.0. The summed E-state index contributed by atoms with van der Waals surface area (Å²) < 4.78 is 17.1. The van der Waals surface area contributed by atoms with E-state index in [1.54, 1.807) is 36.0 Å². The number of carbonyl (C=O) groups excluding carboxylic acids is 2. The molecule has 3 rings (SSSR count). The summed E-state index contributed by atoms with van der Waals surface area (Å²) in [5.41, 5.74) is 0.686. The van der Waals surface area contributed by atoms with Gasteiger partial charge in [0.05, 0.1) is 6.20 Å². The summed E-state index contributed by atoms with van der Waals surface area (Å²) in [7, 11) is 0. The van der Waals surface area contributed by atoms with E-state index in [1.165, 1.54) is 12.1 Å². The zero-order valence-electron chi connectivity index (χ0n) is 16.3. The van der Waals surface area contributed by atoms with Gasteiger partial charge in [-0.3, -0.25) is 4.79 Å². The lowest BCUT2D eigenvalue weighted by atomic mass is 10.1. The van der Waals surface area contributed by atoms with E-state index in [4.69, 9.17) is 13.9 Å². The first-order chi connectivity index (χ1) is 13.8. The number of amides is 1. The lowest BCUT2D eigenvalue weighted by Gasteiger charge is -2.12. The molecule has 0 bridgehead atoms. The van der Waals surface area contributed by atoms with Crippen LogP contribution in [0.3, 0.4) is 0 Å². The second-order valence-corrected chi connectivity index (χ2v) is 6.66. The van der Waals surface area contributed by atoms with Gasteiger partial charge in [0, 0.05) is 29.6 Å². The van der Waals surface area contributed by atoms with Gasteiger partial charge in [-0.1, -0.05) is 0 Å². The molecule has 0 aliphatic carbocycles. The molecule has 0 unspecified atom stereocenters. The Hall–Kier alpha value is -3.62. The van der Waals surface area contributed by atoms with Crippen molar-refractivity contribution in [3.8, 4) is 5.75 Å². The van der Waals surface area contributed by atoms with Gasteiger partial charge in [0.25, 0.3) is 5.91 Å². The van der Waals surface area contributed by atoms with Gasteiger partial charge in [-0.05, 0) is 38.5 Å². The smallest absolute Gasteiger partial charge is 0.344 e. The number of aryl methyl sites for hydroxylation is 1. The number of nitrogens with one attached hydrogen (secondary N) is 1. The Labute approximate surface area is 166 Å². The van der Waals surface area contributed by atoms with Crippen LogP contribution in [0, 0.1) is 6.92 Å². The number of carbonyl (C=O) groups is 2. The van der Waals surface area contributed by atoms with Crippen molar-refractivity contribution >= 4 is 28.7 Å². The third-order valence-electron chi connectivity index (χ3n) is 4.07. The van der Waals surface area contributed by atoms with Crippen LogP contribution in [-0.2, 0) is 14.3 Å². The first-order valence-electron chi connectivity index (χ1n) is 9.00. The molecule has 0 fully saturated rings. The minimum absolute atomic E-state index is 0.0754. The third kappa shape index (κ3) is 5.01. The highest BCUT2D eigenvalue weighted by Crippen LogP contribution is 2.22. The molecule has 0 spiro atoms. The highest BCUT2D eigenvalue weighted by molar-refractivity contribution is 5.92. The number of esters is 1. The van der Waals surface area contributed by atoms with E-state index >= 15 is 0 Å². The van der Waals surface area contributed by atoms with Crippen molar-refractivity contribution in [2.75, 3.05) is 18.5 Å². The molecule has 152 valence electrons. The van der Waals surface area contributed by atoms with Gasteiger partial charge in [0.1, 0.15) is 17.2 Å². The summed E-state index contributed by atoms with van der Waals surface area (Å²) in [4.78, 5) is 35.3. The van der Waals surface area contributed by atoms with E-state index in [2.05, 4.69) is 10.4 Å². The molecule has 0 saturated heterocycles. The average molecular weight is 399 g/mol. The number of benzene rings is 1. The number of anilines is 1. The first-order valence-corrected chi connectivity index (χ1v) is 9.00. The van der Waals surface area contributed by atoms with Crippen LogP contribution in [0.15, 0.2) is 45.7 Å². The van der Waals surface area contributed by atoms with Crippen LogP contribution in [0.5, 0.6) is 5.75 Å². The fraction of sp³-hybridized carbons (Fsp3) is 0.300. The normalized spacial score (nSPS) is 10.9. The lowest BCUT2D eigenvalue weighted by molar-refractivity contribution is -0.149. The molecule has 29 heavy (non-hydrogen) atoms. The number of nitrogens with zero attached hydrogens (tertiary/aromatic N) is 2. The molecule has 3 aromatic rings. The van der Waals surface area contributed by atoms with Crippen molar-refractivity contribution in [1.29, 1.82) is 0 Å². The van der Waals surface area contributed by atoms with Crippen LogP contribution < -0.4 is 15.7 Å². The fourth-order valence-corrected chi connectivity index (χ4v) is 2.73. The molecule has 0 aliphatic rings. The van der Waals surface area contributed by atoms with Crippen molar-refractivity contribution in [2.24, 2.45) is 0 Å². The summed E-state index contributed by atoms with van der Waals surface area (Å²) in [5, 5.41) is 7.51. The Kier molecular flexibility index (Phi) is 5.96. The number of hydrogen-bond acceptors (Lipinski definition) is 7. The molecule has 0 saturated carbocycles. The zero-order chi connectivity index (χ0) is 21.0. The van der Waals surface area contributed by atoms with Gasteiger partial charge in [0.15, 0.2) is 13.2 Å². The molecular weight excluding hydrogens is 378 g/mol. The van der Waals surface area contributed by atoms with Crippen molar-refractivity contribution in [3.05, 3.63) is 52.5 Å².